The minimum atomic E-state index is -0.465. The van der Waals surface area contributed by atoms with Crippen molar-refractivity contribution in [3.05, 3.63) is 35.3 Å². The van der Waals surface area contributed by atoms with Gasteiger partial charge in [0.2, 0.25) is 0 Å². The number of benzene rings is 1. The van der Waals surface area contributed by atoms with Crippen molar-refractivity contribution in [1.82, 2.24) is 10.2 Å². The highest BCUT2D eigenvalue weighted by molar-refractivity contribution is 5.76. The first-order valence-corrected chi connectivity index (χ1v) is 11.6. The quantitative estimate of drug-likeness (QED) is 0.694. The Balaban J connectivity index is 1.25. The smallest absolute Gasteiger partial charge is 0.410 e. The second-order valence-electron chi connectivity index (χ2n) is 10.7. The molecule has 174 valence electrons. The molecule has 8 heteroatoms. The van der Waals surface area contributed by atoms with Gasteiger partial charge in [-0.2, -0.15) is 0 Å². The van der Waals surface area contributed by atoms with Gasteiger partial charge in [-0.25, -0.2) is 14.4 Å². The molecule has 33 heavy (non-hydrogen) atoms. The molecule has 3 fully saturated rings. The third kappa shape index (κ3) is 3.79. The fourth-order valence-corrected chi connectivity index (χ4v) is 5.72. The predicted octanol–water partition coefficient (Wildman–Crippen LogP) is 2.64. The van der Waals surface area contributed by atoms with E-state index in [1.807, 2.05) is 54.6 Å². The topological polar surface area (TPSA) is 82.2 Å². The van der Waals surface area contributed by atoms with E-state index in [9.17, 15) is 14.4 Å². The molecule has 4 aliphatic rings. The maximum Gasteiger partial charge on any atom is 0.410 e. The van der Waals surface area contributed by atoms with Crippen LogP contribution in [0.1, 0.15) is 45.6 Å². The zero-order valence-corrected chi connectivity index (χ0v) is 19.4. The van der Waals surface area contributed by atoms with Crippen LogP contribution in [0.5, 0.6) is 0 Å². The number of nitrogens with one attached hydrogen (secondary N) is 1. The molecule has 1 aromatic rings. The summed E-state index contributed by atoms with van der Waals surface area (Å²) in [5.74, 6) is 4.07. The summed E-state index contributed by atoms with van der Waals surface area (Å²) in [5.41, 5.74) is 3.60. The van der Waals surface area contributed by atoms with E-state index in [0.717, 1.165) is 44.6 Å². The van der Waals surface area contributed by atoms with E-state index < -0.39 is 5.60 Å². The lowest BCUT2D eigenvalue weighted by atomic mass is 9.60. The molecule has 2 saturated heterocycles. The van der Waals surface area contributed by atoms with Crippen LogP contribution in [0.4, 0.5) is 16.2 Å². The van der Waals surface area contributed by atoms with Crippen molar-refractivity contribution in [1.29, 1.82) is 0 Å². The summed E-state index contributed by atoms with van der Waals surface area (Å²) < 4.78 is 5.49. The highest BCUT2D eigenvalue weighted by atomic mass is 16.6. The predicted molar refractivity (Wildman–Crippen MR) is 124 cm³/mol. The van der Waals surface area contributed by atoms with Crippen molar-refractivity contribution >= 4 is 29.4 Å². The van der Waals surface area contributed by atoms with Crippen LogP contribution >= 0.6 is 0 Å². The third-order valence-corrected chi connectivity index (χ3v) is 7.16. The fourth-order valence-electron chi connectivity index (χ4n) is 5.72. The van der Waals surface area contributed by atoms with Gasteiger partial charge in [-0.15, -0.1) is 0 Å². The average molecular weight is 451 g/mol. The number of hydrogen-bond donors (Lipinski definition) is 1. The minimum Gasteiger partial charge on any atom is -0.444 e. The first kappa shape index (κ1) is 21.6. The molecule has 1 N–H and O–H groups in total. The molecule has 0 atom stereocenters. The molecular formula is C25H30N4O4. The Morgan fingerprint density at radius 3 is 2.48 bits per heavy atom. The van der Waals surface area contributed by atoms with Crippen LogP contribution in [0.2, 0.25) is 0 Å². The minimum absolute atomic E-state index is 0.213. The Labute approximate surface area is 193 Å². The maximum atomic E-state index is 12.3. The van der Waals surface area contributed by atoms with Crippen molar-refractivity contribution in [2.24, 2.45) is 5.41 Å². The van der Waals surface area contributed by atoms with Gasteiger partial charge in [0.25, 0.3) is 0 Å². The van der Waals surface area contributed by atoms with Crippen molar-refractivity contribution < 1.29 is 19.1 Å². The highest BCUT2D eigenvalue weighted by Gasteiger charge is 2.56. The molecule has 0 aromatic heterocycles. The van der Waals surface area contributed by atoms with Gasteiger partial charge >= 0.3 is 6.09 Å². The van der Waals surface area contributed by atoms with Gasteiger partial charge in [-0.3, -0.25) is 0 Å². The second kappa shape index (κ2) is 7.68. The molecule has 5 rings (SSSR count). The summed E-state index contributed by atoms with van der Waals surface area (Å²) >= 11 is 0. The fraction of sp³-hybridized carbons (Fsp3) is 0.560. The van der Waals surface area contributed by atoms with Crippen molar-refractivity contribution in [2.75, 3.05) is 36.0 Å². The van der Waals surface area contributed by atoms with Gasteiger partial charge in [0.1, 0.15) is 17.2 Å². The molecule has 0 unspecified atom stereocenters. The van der Waals surface area contributed by atoms with E-state index in [1.54, 1.807) is 0 Å². The molecule has 1 aliphatic carbocycles. The van der Waals surface area contributed by atoms with Crippen molar-refractivity contribution in [3.8, 4) is 0 Å². The van der Waals surface area contributed by atoms with E-state index in [2.05, 4.69) is 16.3 Å². The number of fused-ring (bicyclic) bond motifs is 1. The first-order valence-electron chi connectivity index (χ1n) is 11.6. The van der Waals surface area contributed by atoms with Crippen LogP contribution < -0.4 is 15.1 Å². The average Bonchev–Trinajstić information content (AvgIpc) is 3.14. The lowest BCUT2D eigenvalue weighted by Crippen LogP contribution is -2.67. The summed E-state index contributed by atoms with van der Waals surface area (Å²) in [6, 6.07) is 6.68. The summed E-state index contributed by atoms with van der Waals surface area (Å²) in [5, 5.41) is 2.86. The summed E-state index contributed by atoms with van der Waals surface area (Å²) in [7, 11) is 0. The van der Waals surface area contributed by atoms with E-state index in [-0.39, 0.29) is 17.3 Å². The van der Waals surface area contributed by atoms with Gasteiger partial charge in [-0.05, 0) is 52.2 Å². The molecule has 3 aliphatic heterocycles. The molecule has 0 radical (unpaired) electrons. The van der Waals surface area contributed by atoms with Gasteiger partial charge in [0.05, 0.1) is 0 Å². The van der Waals surface area contributed by atoms with Gasteiger partial charge in [0.15, 0.2) is 11.8 Å². The van der Waals surface area contributed by atoms with Gasteiger partial charge < -0.3 is 24.8 Å². The van der Waals surface area contributed by atoms with Crippen molar-refractivity contribution in [2.45, 2.75) is 58.1 Å². The lowest BCUT2D eigenvalue weighted by molar-refractivity contribution is -0.0778. The third-order valence-electron chi connectivity index (χ3n) is 7.16. The number of anilines is 2. The standard InChI is InChI=1S/C25H30N4O4/c1-24(2,3)33-23(32)27-15-25(16-27)11-18(12-25)28-10-8-19-20(28)5-4-6-21(19)29-9-7-17(13-30)26-22(29)14-31/h4-6,18,26H,7-12,15-16H2,1-3H3. The molecule has 0 bridgehead atoms. The largest absolute Gasteiger partial charge is 0.444 e. The Bertz CT molecular complexity index is 1080. The molecule has 1 amide bonds. The van der Waals surface area contributed by atoms with E-state index in [1.165, 1.54) is 11.3 Å². The number of likely N-dealkylation sites (tertiary alicyclic amines) is 1. The number of hydrogen-bond acceptors (Lipinski definition) is 7. The molecule has 8 nitrogen and oxygen atoms in total. The lowest BCUT2D eigenvalue weighted by Gasteiger charge is -2.60. The molecule has 1 spiro atoms. The number of ether oxygens (including phenoxy) is 1. The van der Waals surface area contributed by atoms with Crippen molar-refractivity contribution in [3.63, 3.8) is 0 Å². The SMILES string of the molecule is CC(C)(C)OC(=O)N1CC2(CC(N3CCc4c(N5CCC(=C=O)NC5=C=O)cccc43)C2)C1. The van der Waals surface area contributed by atoms with E-state index in [4.69, 9.17) is 4.74 Å². The van der Waals surface area contributed by atoms with Crippen LogP contribution in [0.3, 0.4) is 0 Å². The Kier molecular flexibility index (Phi) is 5.04. The van der Waals surface area contributed by atoms with E-state index in [0.29, 0.717) is 24.7 Å². The number of carbonyl (C=O) groups is 1. The van der Waals surface area contributed by atoms with Crippen LogP contribution in [0.15, 0.2) is 29.7 Å². The van der Waals surface area contributed by atoms with Gasteiger partial charge in [0, 0.05) is 61.0 Å². The summed E-state index contributed by atoms with van der Waals surface area (Å²) in [4.78, 5) is 41.0. The monoisotopic (exact) mass is 450 g/mol. The molecule has 1 aromatic carbocycles. The van der Waals surface area contributed by atoms with E-state index >= 15 is 0 Å². The molecule has 3 heterocycles. The zero-order chi connectivity index (χ0) is 23.4. The number of rotatable bonds is 2. The molecule has 1 saturated carbocycles. The zero-order valence-electron chi connectivity index (χ0n) is 19.4. The van der Waals surface area contributed by atoms with Crippen LogP contribution in [0, 0.1) is 5.41 Å². The Morgan fingerprint density at radius 2 is 1.82 bits per heavy atom. The summed E-state index contributed by atoms with van der Waals surface area (Å²) in [6.07, 6.45) is 3.37. The Hall–Kier alpha value is -3.21. The maximum absolute atomic E-state index is 12.3. The van der Waals surface area contributed by atoms with Crippen LogP contribution in [0.25, 0.3) is 0 Å². The van der Waals surface area contributed by atoms with Crippen LogP contribution in [-0.2, 0) is 20.7 Å². The molecular weight excluding hydrogens is 420 g/mol. The first-order chi connectivity index (χ1) is 15.7. The Morgan fingerprint density at radius 1 is 1.09 bits per heavy atom. The summed E-state index contributed by atoms with van der Waals surface area (Å²) in [6.45, 7) is 8.73. The number of amides is 1. The number of nitrogens with zero attached hydrogens (tertiary/aromatic N) is 3. The van der Waals surface area contributed by atoms with Crippen LogP contribution in [-0.4, -0.2) is 60.7 Å². The number of carbonyl (C=O) groups excluding carboxylic acids is 3. The van der Waals surface area contributed by atoms with Gasteiger partial charge in [-0.1, -0.05) is 6.07 Å². The highest BCUT2D eigenvalue weighted by Crippen LogP contribution is 2.53. The normalized spacial score (nSPS) is 21.6. The second-order valence-corrected chi connectivity index (χ2v) is 10.7.